The third-order valence-corrected chi connectivity index (χ3v) is 5.00. The Morgan fingerprint density at radius 3 is 2.83 bits per heavy atom. The number of ether oxygens (including phenoxy) is 2. The Bertz CT molecular complexity index is 770. The Labute approximate surface area is 143 Å². The van der Waals surface area contributed by atoms with Crippen LogP contribution in [0.15, 0.2) is 10.7 Å². The van der Waals surface area contributed by atoms with Crippen LogP contribution in [0.25, 0.3) is 11.0 Å². The predicted molar refractivity (Wildman–Crippen MR) is 93.5 cm³/mol. The first-order valence-corrected chi connectivity index (χ1v) is 8.71. The van der Waals surface area contributed by atoms with E-state index in [2.05, 4.69) is 6.92 Å². The van der Waals surface area contributed by atoms with Crippen molar-refractivity contribution in [1.29, 1.82) is 0 Å². The molecule has 3 rings (SSSR count). The van der Waals surface area contributed by atoms with Gasteiger partial charge in [-0.1, -0.05) is 20.8 Å². The van der Waals surface area contributed by atoms with E-state index in [0.717, 1.165) is 47.1 Å². The van der Waals surface area contributed by atoms with Crippen molar-refractivity contribution in [3.8, 4) is 5.75 Å². The molecule has 1 atom stereocenters. The topological polar surface area (TPSA) is 48.7 Å². The number of esters is 1. The predicted octanol–water partition coefficient (Wildman–Crippen LogP) is 4.89. The fourth-order valence-corrected chi connectivity index (χ4v) is 3.81. The van der Waals surface area contributed by atoms with E-state index in [1.165, 1.54) is 11.1 Å². The Balaban J connectivity index is 2.20. The summed E-state index contributed by atoms with van der Waals surface area (Å²) in [7, 11) is 1.70. The summed E-state index contributed by atoms with van der Waals surface area (Å²) in [4.78, 5) is 12.0. The van der Waals surface area contributed by atoms with Crippen molar-refractivity contribution in [3.05, 3.63) is 28.5 Å². The van der Waals surface area contributed by atoms with Gasteiger partial charge in [0.2, 0.25) is 0 Å². The van der Waals surface area contributed by atoms with Gasteiger partial charge in [0.15, 0.2) is 11.3 Å². The second-order valence-corrected chi connectivity index (χ2v) is 7.08. The Kier molecular flexibility index (Phi) is 4.57. The van der Waals surface area contributed by atoms with Gasteiger partial charge in [-0.05, 0) is 43.2 Å². The molecule has 0 radical (unpaired) electrons. The van der Waals surface area contributed by atoms with Crippen molar-refractivity contribution in [2.75, 3.05) is 7.11 Å². The number of methoxy groups -OCH3 is 1. The lowest BCUT2D eigenvalue weighted by atomic mass is 9.79. The Morgan fingerprint density at radius 2 is 2.17 bits per heavy atom. The molecule has 4 heteroatoms. The summed E-state index contributed by atoms with van der Waals surface area (Å²) < 4.78 is 17.1. The van der Waals surface area contributed by atoms with Crippen LogP contribution < -0.4 is 4.74 Å². The summed E-state index contributed by atoms with van der Waals surface area (Å²) in [6.07, 6.45) is 5.02. The highest BCUT2D eigenvalue weighted by Crippen LogP contribution is 2.46. The van der Waals surface area contributed by atoms with Gasteiger partial charge in [0, 0.05) is 16.5 Å². The molecule has 24 heavy (non-hydrogen) atoms. The summed E-state index contributed by atoms with van der Waals surface area (Å²) in [5.41, 5.74) is 5.42. The highest BCUT2D eigenvalue weighted by molar-refractivity contribution is 5.92. The molecular formula is C20H26O4. The van der Waals surface area contributed by atoms with Crippen LogP contribution in [0.5, 0.6) is 5.75 Å². The van der Waals surface area contributed by atoms with Gasteiger partial charge < -0.3 is 13.9 Å². The molecule has 1 aromatic carbocycles. The molecular weight excluding hydrogens is 304 g/mol. The Morgan fingerprint density at radius 1 is 1.42 bits per heavy atom. The quantitative estimate of drug-likeness (QED) is 0.749. The summed E-state index contributed by atoms with van der Waals surface area (Å²) >= 11 is 0. The zero-order chi connectivity index (χ0) is 17.4. The SMILES string of the molecule is COc1c2c(c(COC(=O)C(C)C)c3c(C)coc13)C(C)CCC2. The molecule has 0 spiro atoms. The molecule has 0 aliphatic heterocycles. The molecule has 0 N–H and O–H groups in total. The monoisotopic (exact) mass is 330 g/mol. The van der Waals surface area contributed by atoms with Crippen LogP contribution in [-0.4, -0.2) is 13.1 Å². The second kappa shape index (κ2) is 6.50. The lowest BCUT2D eigenvalue weighted by molar-refractivity contribution is -0.148. The van der Waals surface area contributed by atoms with Crippen molar-refractivity contribution in [1.82, 2.24) is 0 Å². The number of carbonyl (C=O) groups is 1. The molecule has 2 aromatic rings. The number of aryl methyl sites for hydroxylation is 1. The number of furan rings is 1. The van der Waals surface area contributed by atoms with E-state index in [1.807, 2.05) is 20.8 Å². The van der Waals surface area contributed by atoms with Gasteiger partial charge in [0.05, 0.1) is 19.3 Å². The lowest BCUT2D eigenvalue weighted by Gasteiger charge is -2.28. The highest BCUT2D eigenvalue weighted by atomic mass is 16.5. The van der Waals surface area contributed by atoms with Gasteiger partial charge in [-0.3, -0.25) is 4.79 Å². The van der Waals surface area contributed by atoms with Gasteiger partial charge in [0.25, 0.3) is 0 Å². The maximum atomic E-state index is 12.0. The minimum absolute atomic E-state index is 0.127. The molecule has 130 valence electrons. The van der Waals surface area contributed by atoms with E-state index in [4.69, 9.17) is 13.9 Å². The van der Waals surface area contributed by atoms with Gasteiger partial charge in [-0.15, -0.1) is 0 Å². The fourth-order valence-electron chi connectivity index (χ4n) is 3.81. The molecule has 1 aliphatic carbocycles. The molecule has 0 bridgehead atoms. The first-order valence-electron chi connectivity index (χ1n) is 8.71. The normalized spacial score (nSPS) is 17.2. The lowest BCUT2D eigenvalue weighted by Crippen LogP contribution is -2.16. The zero-order valence-electron chi connectivity index (χ0n) is 15.2. The number of hydrogen-bond acceptors (Lipinski definition) is 4. The van der Waals surface area contributed by atoms with Crippen LogP contribution in [0.4, 0.5) is 0 Å². The van der Waals surface area contributed by atoms with E-state index in [9.17, 15) is 4.79 Å². The van der Waals surface area contributed by atoms with E-state index in [-0.39, 0.29) is 11.9 Å². The maximum Gasteiger partial charge on any atom is 0.308 e. The number of benzene rings is 1. The summed E-state index contributed by atoms with van der Waals surface area (Å²) in [6, 6.07) is 0. The molecule has 1 aliphatic rings. The standard InChI is InChI=1S/C20H26O4/c1-11(2)20(21)24-10-15-16-12(3)7-6-8-14(16)18(22-5)19-17(15)13(4)9-23-19/h9,11-12H,6-8,10H2,1-5H3. The first-order chi connectivity index (χ1) is 11.5. The van der Waals surface area contributed by atoms with Crippen LogP contribution in [0.2, 0.25) is 0 Å². The van der Waals surface area contributed by atoms with Crippen LogP contribution in [0.1, 0.15) is 61.8 Å². The summed E-state index contributed by atoms with van der Waals surface area (Å²) in [5, 5.41) is 1.04. The molecule has 0 saturated heterocycles. The number of fused-ring (bicyclic) bond motifs is 2. The van der Waals surface area contributed by atoms with Crippen molar-refractivity contribution < 1.29 is 18.7 Å². The van der Waals surface area contributed by atoms with Crippen molar-refractivity contribution in [2.24, 2.45) is 5.92 Å². The van der Waals surface area contributed by atoms with Crippen molar-refractivity contribution >= 4 is 16.9 Å². The number of hydrogen-bond donors (Lipinski definition) is 0. The van der Waals surface area contributed by atoms with Crippen molar-refractivity contribution in [2.45, 2.75) is 59.5 Å². The van der Waals surface area contributed by atoms with Crippen LogP contribution in [0, 0.1) is 12.8 Å². The number of rotatable bonds is 4. The zero-order valence-corrected chi connectivity index (χ0v) is 15.2. The molecule has 1 unspecified atom stereocenters. The summed E-state index contributed by atoms with van der Waals surface area (Å²) in [5.74, 6) is 0.974. The van der Waals surface area contributed by atoms with Gasteiger partial charge >= 0.3 is 5.97 Å². The third kappa shape index (κ3) is 2.68. The largest absolute Gasteiger partial charge is 0.493 e. The molecule has 0 amide bonds. The average Bonchev–Trinajstić information content (AvgIpc) is 2.93. The fraction of sp³-hybridized carbons (Fsp3) is 0.550. The third-order valence-electron chi connectivity index (χ3n) is 5.00. The van der Waals surface area contributed by atoms with Crippen LogP contribution in [-0.2, 0) is 22.6 Å². The van der Waals surface area contributed by atoms with Crippen LogP contribution >= 0.6 is 0 Å². The molecule has 0 saturated carbocycles. The number of carbonyl (C=O) groups excluding carboxylic acids is 1. The van der Waals surface area contributed by atoms with Crippen molar-refractivity contribution in [3.63, 3.8) is 0 Å². The minimum Gasteiger partial charge on any atom is -0.493 e. The molecule has 0 fully saturated rings. The van der Waals surface area contributed by atoms with Crippen LogP contribution in [0.3, 0.4) is 0 Å². The van der Waals surface area contributed by atoms with Gasteiger partial charge in [-0.2, -0.15) is 0 Å². The summed E-state index contributed by atoms with van der Waals surface area (Å²) in [6.45, 7) is 8.27. The van der Waals surface area contributed by atoms with E-state index >= 15 is 0 Å². The molecule has 1 aromatic heterocycles. The average molecular weight is 330 g/mol. The van der Waals surface area contributed by atoms with Gasteiger partial charge in [0.1, 0.15) is 6.61 Å². The second-order valence-electron chi connectivity index (χ2n) is 7.08. The Hall–Kier alpha value is -1.97. The maximum absolute atomic E-state index is 12.0. The first kappa shape index (κ1) is 16.9. The highest BCUT2D eigenvalue weighted by Gasteiger charge is 2.29. The van der Waals surface area contributed by atoms with E-state index < -0.39 is 0 Å². The van der Waals surface area contributed by atoms with E-state index in [0.29, 0.717) is 12.5 Å². The molecule has 4 nitrogen and oxygen atoms in total. The van der Waals surface area contributed by atoms with Gasteiger partial charge in [-0.25, -0.2) is 0 Å². The van der Waals surface area contributed by atoms with E-state index in [1.54, 1.807) is 13.4 Å². The smallest absolute Gasteiger partial charge is 0.308 e. The minimum atomic E-state index is -0.169. The molecule has 1 heterocycles.